The van der Waals surface area contributed by atoms with Gasteiger partial charge in [0, 0.05) is 23.8 Å². The smallest absolute Gasteiger partial charge is 0.0709 e. The Morgan fingerprint density at radius 3 is 2.67 bits per heavy atom. The Labute approximate surface area is 142 Å². The molecule has 24 heavy (non-hydrogen) atoms. The lowest BCUT2D eigenvalue weighted by Gasteiger charge is -2.26. The molecule has 0 saturated heterocycles. The third kappa shape index (κ3) is 2.74. The van der Waals surface area contributed by atoms with E-state index in [-0.39, 0.29) is 0 Å². The molecule has 2 nitrogen and oxygen atoms in total. The van der Waals surface area contributed by atoms with Gasteiger partial charge < -0.3 is 4.90 Å². The van der Waals surface area contributed by atoms with Crippen LogP contribution < -0.4 is 4.90 Å². The highest BCUT2D eigenvalue weighted by Gasteiger charge is 2.11. The molecule has 3 aromatic rings. The predicted octanol–water partition coefficient (Wildman–Crippen LogP) is 5.30. The van der Waals surface area contributed by atoms with Crippen molar-refractivity contribution in [2.45, 2.75) is 0 Å². The number of pyridine rings is 1. The zero-order valence-electron chi connectivity index (χ0n) is 13.6. The average Bonchev–Trinajstić information content (AvgIpc) is 2.64. The van der Waals surface area contributed by atoms with Gasteiger partial charge in [0.05, 0.1) is 11.2 Å². The summed E-state index contributed by atoms with van der Waals surface area (Å²) in [5.74, 6) is 0. The van der Waals surface area contributed by atoms with Crippen LogP contribution in [0.25, 0.3) is 23.1 Å². The van der Waals surface area contributed by atoms with E-state index in [1.54, 1.807) is 0 Å². The van der Waals surface area contributed by atoms with Crippen LogP contribution >= 0.6 is 0 Å². The van der Waals surface area contributed by atoms with Gasteiger partial charge in [-0.3, -0.25) is 0 Å². The maximum absolute atomic E-state index is 4.67. The summed E-state index contributed by atoms with van der Waals surface area (Å²) in [7, 11) is 2.09. The molecule has 1 aliphatic heterocycles. The van der Waals surface area contributed by atoms with Crippen LogP contribution in [0.5, 0.6) is 0 Å². The fourth-order valence-corrected chi connectivity index (χ4v) is 2.95. The highest BCUT2D eigenvalue weighted by atomic mass is 15.1. The largest absolute Gasteiger partial charge is 0.344 e. The summed E-state index contributed by atoms with van der Waals surface area (Å²) in [5.41, 5.74) is 5.62. The maximum atomic E-state index is 4.67. The van der Waals surface area contributed by atoms with Crippen molar-refractivity contribution in [1.29, 1.82) is 0 Å². The van der Waals surface area contributed by atoms with Crippen molar-refractivity contribution in [2.75, 3.05) is 11.9 Å². The highest BCUT2D eigenvalue weighted by molar-refractivity contribution is 5.80. The van der Waals surface area contributed by atoms with Gasteiger partial charge in [-0.25, -0.2) is 4.98 Å². The van der Waals surface area contributed by atoms with Gasteiger partial charge in [-0.05, 0) is 42.0 Å². The Morgan fingerprint density at radius 1 is 0.875 bits per heavy atom. The summed E-state index contributed by atoms with van der Waals surface area (Å²) in [6.45, 7) is 0. The Hall–Kier alpha value is -3.13. The molecule has 0 saturated carbocycles. The summed E-state index contributed by atoms with van der Waals surface area (Å²) in [6, 6.07) is 20.7. The summed E-state index contributed by atoms with van der Waals surface area (Å²) < 4.78 is 0. The molecular weight excluding hydrogens is 292 g/mol. The topological polar surface area (TPSA) is 16.1 Å². The number of hydrogen-bond acceptors (Lipinski definition) is 2. The van der Waals surface area contributed by atoms with E-state index in [0.29, 0.717) is 0 Å². The lowest BCUT2D eigenvalue weighted by Crippen LogP contribution is -2.18. The van der Waals surface area contributed by atoms with Crippen molar-refractivity contribution in [1.82, 2.24) is 4.98 Å². The third-order valence-corrected chi connectivity index (χ3v) is 4.27. The molecule has 116 valence electrons. The minimum Gasteiger partial charge on any atom is -0.344 e. The molecule has 2 heteroatoms. The second kappa shape index (κ2) is 6.17. The summed E-state index contributed by atoms with van der Waals surface area (Å²) in [6.07, 6.45) is 10.5. The molecule has 0 N–H and O–H groups in total. The van der Waals surface area contributed by atoms with E-state index >= 15 is 0 Å². The average molecular weight is 310 g/mol. The SMILES string of the molecule is CN1/C(=C/C=C/c2ccc3ccccc3n2)C=Cc2ccccc21. The number of hydrogen-bond donors (Lipinski definition) is 0. The van der Waals surface area contributed by atoms with Crippen LogP contribution in [-0.2, 0) is 0 Å². The van der Waals surface area contributed by atoms with Gasteiger partial charge in [0.2, 0.25) is 0 Å². The first-order valence-corrected chi connectivity index (χ1v) is 8.06. The second-order valence-electron chi connectivity index (χ2n) is 5.83. The molecule has 2 heterocycles. The van der Waals surface area contributed by atoms with Gasteiger partial charge in [-0.15, -0.1) is 0 Å². The second-order valence-corrected chi connectivity index (χ2v) is 5.83. The molecule has 1 aromatic heterocycles. The van der Waals surface area contributed by atoms with Crippen LogP contribution in [0.4, 0.5) is 5.69 Å². The van der Waals surface area contributed by atoms with E-state index in [0.717, 1.165) is 16.9 Å². The van der Waals surface area contributed by atoms with Crippen molar-refractivity contribution in [2.24, 2.45) is 0 Å². The number of benzene rings is 2. The molecule has 0 unspecified atom stereocenters. The fourth-order valence-electron chi connectivity index (χ4n) is 2.95. The lowest BCUT2D eigenvalue weighted by atomic mass is 10.1. The first kappa shape index (κ1) is 14.5. The van der Waals surface area contributed by atoms with Crippen molar-refractivity contribution in [3.05, 3.63) is 95.8 Å². The van der Waals surface area contributed by atoms with Crippen molar-refractivity contribution in [3.8, 4) is 0 Å². The normalized spacial score (nSPS) is 15.4. The third-order valence-electron chi connectivity index (χ3n) is 4.27. The first-order valence-electron chi connectivity index (χ1n) is 8.06. The number of aromatic nitrogens is 1. The molecule has 4 rings (SSSR count). The monoisotopic (exact) mass is 310 g/mol. The van der Waals surface area contributed by atoms with Crippen molar-refractivity contribution >= 4 is 28.7 Å². The minimum atomic E-state index is 0.966. The molecule has 0 fully saturated rings. The van der Waals surface area contributed by atoms with E-state index in [9.17, 15) is 0 Å². The maximum Gasteiger partial charge on any atom is 0.0709 e. The number of rotatable bonds is 2. The van der Waals surface area contributed by atoms with Crippen LogP contribution in [0, 0.1) is 0 Å². The Kier molecular flexibility index (Phi) is 3.72. The number of fused-ring (bicyclic) bond motifs is 2. The van der Waals surface area contributed by atoms with Gasteiger partial charge in [0.25, 0.3) is 0 Å². The van der Waals surface area contributed by atoms with Crippen LogP contribution in [0.2, 0.25) is 0 Å². The Balaban J connectivity index is 1.59. The van der Waals surface area contributed by atoms with Crippen molar-refractivity contribution in [3.63, 3.8) is 0 Å². The molecule has 0 spiro atoms. The van der Waals surface area contributed by atoms with E-state index in [2.05, 4.69) is 77.6 Å². The zero-order chi connectivity index (χ0) is 16.4. The zero-order valence-corrected chi connectivity index (χ0v) is 13.6. The fraction of sp³-hybridized carbons (Fsp3) is 0.0455. The van der Waals surface area contributed by atoms with Crippen LogP contribution in [0.1, 0.15) is 11.3 Å². The Bertz CT molecular complexity index is 980. The number of nitrogens with zero attached hydrogens (tertiary/aromatic N) is 2. The van der Waals surface area contributed by atoms with Crippen molar-refractivity contribution < 1.29 is 0 Å². The number of para-hydroxylation sites is 2. The van der Waals surface area contributed by atoms with Crippen LogP contribution in [0.3, 0.4) is 0 Å². The predicted molar refractivity (Wildman–Crippen MR) is 103 cm³/mol. The lowest BCUT2D eigenvalue weighted by molar-refractivity contribution is 1.12. The van der Waals surface area contributed by atoms with Crippen LogP contribution in [0.15, 0.2) is 84.6 Å². The Morgan fingerprint density at radius 2 is 1.71 bits per heavy atom. The van der Waals surface area contributed by atoms with Gasteiger partial charge in [0.1, 0.15) is 0 Å². The summed E-state index contributed by atoms with van der Waals surface area (Å²) in [5, 5.41) is 1.17. The molecule has 0 bridgehead atoms. The summed E-state index contributed by atoms with van der Waals surface area (Å²) >= 11 is 0. The molecule has 0 atom stereocenters. The van der Waals surface area contributed by atoms with E-state index in [1.807, 2.05) is 30.3 Å². The van der Waals surface area contributed by atoms with Crippen LogP contribution in [-0.4, -0.2) is 12.0 Å². The van der Waals surface area contributed by atoms with Gasteiger partial charge >= 0.3 is 0 Å². The molecule has 0 aliphatic carbocycles. The molecule has 0 amide bonds. The first-order chi connectivity index (χ1) is 11.8. The van der Waals surface area contributed by atoms with E-state index in [1.165, 1.54) is 16.6 Å². The minimum absolute atomic E-state index is 0.966. The molecule has 0 radical (unpaired) electrons. The molecular formula is C22H18N2. The highest BCUT2D eigenvalue weighted by Crippen LogP contribution is 2.29. The standard InChI is InChI=1S/C22H18N2/c1-24-20(16-14-18-8-3-5-12-22(18)24)10-6-9-19-15-13-17-7-2-4-11-21(17)23-19/h2-16H,1H3/b9-6+,20-10+. The molecule has 2 aromatic carbocycles. The number of allylic oxidation sites excluding steroid dienone is 3. The van der Waals surface area contributed by atoms with E-state index in [4.69, 9.17) is 0 Å². The number of anilines is 1. The quantitative estimate of drug-likeness (QED) is 0.639. The number of likely N-dealkylation sites (N-methyl/N-ethyl adjacent to an activating group) is 1. The van der Waals surface area contributed by atoms with Gasteiger partial charge in [-0.2, -0.15) is 0 Å². The van der Waals surface area contributed by atoms with Gasteiger partial charge in [-0.1, -0.05) is 54.6 Å². The van der Waals surface area contributed by atoms with E-state index < -0.39 is 0 Å². The summed E-state index contributed by atoms with van der Waals surface area (Å²) in [4.78, 5) is 6.87. The van der Waals surface area contributed by atoms with Gasteiger partial charge in [0.15, 0.2) is 0 Å². The molecule has 1 aliphatic rings.